The van der Waals surface area contributed by atoms with Crippen LogP contribution in [0.4, 0.5) is 0 Å². The molecule has 1 atom stereocenters. The van der Waals surface area contributed by atoms with Crippen molar-refractivity contribution in [2.45, 2.75) is 6.92 Å². The number of halogens is 1. The smallest absolute Gasteiger partial charge is 0.196 e. The van der Waals surface area contributed by atoms with Crippen molar-refractivity contribution in [1.82, 2.24) is 0 Å². The summed E-state index contributed by atoms with van der Waals surface area (Å²) in [5.74, 6) is 0.735. The van der Waals surface area contributed by atoms with Gasteiger partial charge in [0.2, 0.25) is 0 Å². The van der Waals surface area contributed by atoms with Gasteiger partial charge in [-0.25, -0.2) is 9.98 Å². The predicted octanol–water partition coefficient (Wildman–Crippen LogP) is -2.22. The highest BCUT2D eigenvalue weighted by Gasteiger charge is 2.24. The molecule has 0 radical (unpaired) electrons. The van der Waals surface area contributed by atoms with Crippen LogP contribution in [0.2, 0.25) is 0 Å². The second kappa shape index (κ2) is 3.40. The number of rotatable bonds is 1. The van der Waals surface area contributed by atoms with Gasteiger partial charge in [-0.3, -0.25) is 4.48 Å². The minimum absolute atomic E-state index is 0. The molecule has 4 nitrogen and oxygen atoms in total. The summed E-state index contributed by atoms with van der Waals surface area (Å²) in [4.78, 5) is 12.3. The molecule has 70 valence electrons. The topological polar surface area (TPSA) is 37.1 Å². The van der Waals surface area contributed by atoms with Crippen LogP contribution in [0.15, 0.2) is 26.9 Å². The molecule has 0 saturated heterocycles. The average Bonchev–Trinajstić information content (AvgIpc) is 2.51. The molecule has 2 rings (SSSR count). The molecule has 0 aromatic carbocycles. The Bertz CT molecular complexity index is 329. The van der Waals surface area contributed by atoms with E-state index in [1.54, 1.807) is 6.34 Å². The first-order valence-corrected chi connectivity index (χ1v) is 3.97. The standard InChI is InChI=1S/C8H11N4.ClH/c1-3-12(2)4-7-8(11-6-12)10-5-9-7;/h4-6H,3H2,1-2H3;1H/q+1;/p-1. The van der Waals surface area contributed by atoms with Gasteiger partial charge < -0.3 is 12.4 Å². The highest BCUT2D eigenvalue weighted by Crippen LogP contribution is 2.16. The molecule has 0 aliphatic carbocycles. The minimum atomic E-state index is 0. The number of fused-ring (bicyclic) bond motifs is 1. The first-order chi connectivity index (χ1) is 5.73. The van der Waals surface area contributed by atoms with Gasteiger partial charge in [-0.15, -0.1) is 0 Å². The third kappa shape index (κ3) is 1.68. The van der Waals surface area contributed by atoms with Gasteiger partial charge in [0.1, 0.15) is 12.5 Å². The van der Waals surface area contributed by atoms with Gasteiger partial charge in [-0.2, -0.15) is 4.99 Å². The maximum absolute atomic E-state index is 4.22. The molecule has 0 N–H and O–H groups in total. The van der Waals surface area contributed by atoms with E-state index < -0.39 is 0 Å². The minimum Gasteiger partial charge on any atom is -1.00 e. The summed E-state index contributed by atoms with van der Waals surface area (Å²) >= 11 is 0. The Hall–Kier alpha value is -1.00. The lowest BCUT2D eigenvalue weighted by molar-refractivity contribution is -0.757. The van der Waals surface area contributed by atoms with Crippen molar-refractivity contribution in [1.29, 1.82) is 0 Å². The first kappa shape index (κ1) is 10.1. The Labute approximate surface area is 83.4 Å². The van der Waals surface area contributed by atoms with Crippen molar-refractivity contribution in [2.24, 2.45) is 15.0 Å². The second-order valence-corrected chi connectivity index (χ2v) is 3.12. The Morgan fingerprint density at radius 3 is 2.85 bits per heavy atom. The second-order valence-electron chi connectivity index (χ2n) is 3.12. The highest BCUT2D eigenvalue weighted by molar-refractivity contribution is 6.09. The Balaban J connectivity index is 0.000000845. The van der Waals surface area contributed by atoms with E-state index in [9.17, 15) is 0 Å². The van der Waals surface area contributed by atoms with Crippen LogP contribution >= 0.6 is 0 Å². The van der Waals surface area contributed by atoms with Crippen molar-refractivity contribution in [3.8, 4) is 0 Å². The number of amidine groups is 1. The van der Waals surface area contributed by atoms with E-state index in [0.29, 0.717) is 4.48 Å². The maximum Gasteiger partial charge on any atom is 0.196 e. The average molecular weight is 199 g/mol. The van der Waals surface area contributed by atoms with E-state index in [1.807, 2.05) is 6.34 Å². The lowest BCUT2D eigenvalue weighted by Crippen LogP contribution is -3.00. The quantitative estimate of drug-likeness (QED) is 0.429. The zero-order valence-electron chi connectivity index (χ0n) is 7.61. The molecule has 2 aliphatic heterocycles. The number of aliphatic imine (C=N–C) groups is 3. The number of nitrogens with zero attached hydrogens (tertiary/aromatic N) is 4. The number of quaternary nitrogens is 1. The molecule has 0 bridgehead atoms. The molecule has 0 fully saturated rings. The van der Waals surface area contributed by atoms with Crippen LogP contribution in [0.5, 0.6) is 0 Å². The van der Waals surface area contributed by atoms with Crippen molar-refractivity contribution < 1.29 is 16.9 Å². The zero-order chi connectivity index (χ0) is 8.60. The number of hydrogen-bond donors (Lipinski definition) is 0. The third-order valence-corrected chi connectivity index (χ3v) is 2.15. The van der Waals surface area contributed by atoms with E-state index in [0.717, 1.165) is 18.1 Å². The first-order valence-electron chi connectivity index (χ1n) is 3.97. The summed E-state index contributed by atoms with van der Waals surface area (Å²) in [6.45, 7) is 3.10. The molecule has 0 saturated carbocycles. The van der Waals surface area contributed by atoms with Gasteiger partial charge in [0, 0.05) is 0 Å². The Morgan fingerprint density at radius 2 is 2.15 bits per heavy atom. The molecular weight excluding hydrogens is 188 g/mol. The van der Waals surface area contributed by atoms with Crippen LogP contribution < -0.4 is 12.4 Å². The van der Waals surface area contributed by atoms with Crippen LogP contribution in [-0.2, 0) is 0 Å². The largest absolute Gasteiger partial charge is 1.00 e. The fourth-order valence-corrected chi connectivity index (χ4v) is 1.13. The van der Waals surface area contributed by atoms with Gasteiger partial charge in [0.15, 0.2) is 17.9 Å². The van der Waals surface area contributed by atoms with Crippen molar-refractivity contribution >= 4 is 18.5 Å². The van der Waals surface area contributed by atoms with E-state index in [2.05, 4.69) is 35.1 Å². The predicted molar refractivity (Wildman–Crippen MR) is 49.2 cm³/mol. The van der Waals surface area contributed by atoms with Crippen molar-refractivity contribution in [3.63, 3.8) is 0 Å². The van der Waals surface area contributed by atoms with Gasteiger partial charge in [0.25, 0.3) is 0 Å². The lowest BCUT2D eigenvalue weighted by Gasteiger charge is -2.24. The molecule has 0 amide bonds. The van der Waals surface area contributed by atoms with Gasteiger partial charge in [-0.1, -0.05) is 0 Å². The fraction of sp³-hybridized carbons (Fsp3) is 0.375. The van der Waals surface area contributed by atoms with Gasteiger partial charge in [-0.05, 0) is 6.92 Å². The number of hydrogen-bond acceptors (Lipinski definition) is 3. The normalized spacial score (nSPS) is 29.1. The fourth-order valence-electron chi connectivity index (χ4n) is 1.13. The third-order valence-electron chi connectivity index (χ3n) is 2.15. The molecular formula is C8H11ClN4. The monoisotopic (exact) mass is 198 g/mol. The molecule has 2 aliphatic rings. The molecule has 0 aromatic heterocycles. The molecule has 0 aromatic rings. The zero-order valence-corrected chi connectivity index (χ0v) is 8.36. The van der Waals surface area contributed by atoms with Crippen LogP contribution in [0.25, 0.3) is 0 Å². The SMILES string of the molecule is CC[N+]1(C)C=NC2=NC=NC2=C1.[Cl-]. The maximum atomic E-state index is 4.22. The Morgan fingerprint density at radius 1 is 1.38 bits per heavy atom. The van der Waals surface area contributed by atoms with Crippen LogP contribution in [0, 0.1) is 0 Å². The Kier molecular flexibility index (Phi) is 2.63. The van der Waals surface area contributed by atoms with Crippen molar-refractivity contribution in [3.05, 3.63) is 11.9 Å². The summed E-state index contributed by atoms with van der Waals surface area (Å²) in [6.07, 6.45) is 5.50. The van der Waals surface area contributed by atoms with E-state index in [1.165, 1.54) is 0 Å². The van der Waals surface area contributed by atoms with E-state index in [4.69, 9.17) is 0 Å². The van der Waals surface area contributed by atoms with E-state index >= 15 is 0 Å². The highest BCUT2D eigenvalue weighted by atomic mass is 35.5. The van der Waals surface area contributed by atoms with Crippen molar-refractivity contribution in [2.75, 3.05) is 13.6 Å². The molecule has 13 heavy (non-hydrogen) atoms. The molecule has 2 heterocycles. The van der Waals surface area contributed by atoms with Crippen LogP contribution in [-0.4, -0.2) is 36.6 Å². The molecule has 0 spiro atoms. The summed E-state index contributed by atoms with van der Waals surface area (Å²) in [6, 6.07) is 0. The van der Waals surface area contributed by atoms with Gasteiger partial charge in [0.05, 0.1) is 13.6 Å². The summed E-state index contributed by atoms with van der Waals surface area (Å²) in [5.41, 5.74) is 0.891. The summed E-state index contributed by atoms with van der Waals surface area (Å²) in [7, 11) is 2.08. The summed E-state index contributed by atoms with van der Waals surface area (Å²) < 4.78 is 0.700. The van der Waals surface area contributed by atoms with E-state index in [-0.39, 0.29) is 12.4 Å². The van der Waals surface area contributed by atoms with Crippen LogP contribution in [0.1, 0.15) is 6.92 Å². The van der Waals surface area contributed by atoms with Crippen LogP contribution in [0.3, 0.4) is 0 Å². The van der Waals surface area contributed by atoms with Gasteiger partial charge >= 0.3 is 0 Å². The summed E-state index contributed by atoms with van der Waals surface area (Å²) in [5, 5.41) is 0. The lowest BCUT2D eigenvalue weighted by atomic mass is 10.3. The molecule has 5 heteroatoms. The molecule has 1 unspecified atom stereocenters.